The zero-order valence-electron chi connectivity index (χ0n) is 12.2. The van der Waals surface area contributed by atoms with Gasteiger partial charge >= 0.3 is 0 Å². The van der Waals surface area contributed by atoms with Crippen LogP contribution in [-0.2, 0) is 0 Å². The van der Waals surface area contributed by atoms with Gasteiger partial charge in [0.1, 0.15) is 5.75 Å². The van der Waals surface area contributed by atoms with Crippen molar-refractivity contribution in [3.05, 3.63) is 29.8 Å². The number of rotatable bonds is 8. The van der Waals surface area contributed by atoms with Gasteiger partial charge in [0.2, 0.25) is 0 Å². The molecule has 0 aliphatic rings. The highest BCUT2D eigenvalue weighted by Gasteiger charge is 2.18. The minimum atomic E-state index is 0.399. The van der Waals surface area contributed by atoms with Gasteiger partial charge in [0.05, 0.1) is 7.11 Å². The molecule has 0 bridgehead atoms. The highest BCUT2D eigenvalue weighted by molar-refractivity contribution is 5.35. The second-order valence-electron chi connectivity index (χ2n) is 4.77. The summed E-state index contributed by atoms with van der Waals surface area (Å²) in [5.74, 6) is 1.77. The molecule has 0 saturated heterocycles. The molecule has 2 heteroatoms. The minimum absolute atomic E-state index is 0.399. The summed E-state index contributed by atoms with van der Waals surface area (Å²) in [6.07, 6.45) is 3.67. The van der Waals surface area contributed by atoms with Gasteiger partial charge in [-0.2, -0.15) is 0 Å². The Bertz CT molecular complexity index is 334. The molecule has 1 aromatic carbocycles. The molecule has 1 N–H and O–H groups in total. The number of hydrogen-bond donors (Lipinski definition) is 1. The molecule has 0 aliphatic heterocycles. The average Bonchev–Trinajstić information content (AvgIpc) is 2.43. The summed E-state index contributed by atoms with van der Waals surface area (Å²) < 4.78 is 5.48. The van der Waals surface area contributed by atoms with E-state index in [1.165, 1.54) is 24.8 Å². The van der Waals surface area contributed by atoms with Crippen LogP contribution >= 0.6 is 0 Å². The number of benzene rings is 1. The molecule has 0 aliphatic carbocycles. The predicted octanol–water partition coefficient (Wildman–Crippen LogP) is 4.17. The topological polar surface area (TPSA) is 21.3 Å². The molecule has 0 spiro atoms. The standard InChI is InChI=1S/C16H27NO/c1-5-13(6-2)12-15(17-7-3)14-10-8-9-11-16(14)18-4/h8-11,13,15,17H,5-7,12H2,1-4H3. The van der Waals surface area contributed by atoms with Gasteiger partial charge in [0.15, 0.2) is 0 Å². The molecule has 0 radical (unpaired) electrons. The van der Waals surface area contributed by atoms with Gasteiger partial charge in [-0.25, -0.2) is 0 Å². The van der Waals surface area contributed by atoms with E-state index in [0.717, 1.165) is 18.2 Å². The molecule has 18 heavy (non-hydrogen) atoms. The number of nitrogens with one attached hydrogen (secondary N) is 1. The molecule has 1 aromatic rings. The molecule has 1 atom stereocenters. The first-order chi connectivity index (χ1) is 8.76. The lowest BCUT2D eigenvalue weighted by atomic mass is 9.90. The molecule has 0 heterocycles. The second kappa shape index (κ2) is 8.15. The summed E-state index contributed by atoms with van der Waals surface area (Å²) in [6, 6.07) is 8.75. The van der Waals surface area contributed by atoms with Crippen LogP contribution in [0.2, 0.25) is 0 Å². The van der Waals surface area contributed by atoms with Crippen LogP contribution < -0.4 is 10.1 Å². The van der Waals surface area contributed by atoms with Crippen LogP contribution in [0.25, 0.3) is 0 Å². The zero-order chi connectivity index (χ0) is 13.4. The SMILES string of the molecule is CCNC(CC(CC)CC)c1ccccc1OC. The van der Waals surface area contributed by atoms with Crippen molar-refractivity contribution >= 4 is 0 Å². The van der Waals surface area contributed by atoms with Crippen LogP contribution in [0.3, 0.4) is 0 Å². The van der Waals surface area contributed by atoms with E-state index in [9.17, 15) is 0 Å². The molecule has 1 unspecified atom stereocenters. The van der Waals surface area contributed by atoms with Crippen LogP contribution in [0, 0.1) is 5.92 Å². The summed E-state index contributed by atoms with van der Waals surface area (Å²) in [4.78, 5) is 0. The number of methoxy groups -OCH3 is 1. The van der Waals surface area contributed by atoms with Gasteiger partial charge in [-0.05, 0) is 24.9 Å². The minimum Gasteiger partial charge on any atom is -0.496 e. The van der Waals surface area contributed by atoms with Crippen molar-refractivity contribution in [2.75, 3.05) is 13.7 Å². The van der Waals surface area contributed by atoms with E-state index >= 15 is 0 Å². The monoisotopic (exact) mass is 249 g/mol. The summed E-state index contributed by atoms with van der Waals surface area (Å²) in [5.41, 5.74) is 1.29. The fourth-order valence-corrected chi connectivity index (χ4v) is 2.48. The van der Waals surface area contributed by atoms with Crippen molar-refractivity contribution in [1.82, 2.24) is 5.32 Å². The van der Waals surface area contributed by atoms with Crippen LogP contribution in [-0.4, -0.2) is 13.7 Å². The van der Waals surface area contributed by atoms with Crippen LogP contribution in [0.1, 0.15) is 51.6 Å². The lowest BCUT2D eigenvalue weighted by Gasteiger charge is -2.24. The zero-order valence-corrected chi connectivity index (χ0v) is 12.2. The number of ether oxygens (including phenoxy) is 1. The van der Waals surface area contributed by atoms with Crippen molar-refractivity contribution in [3.8, 4) is 5.75 Å². The van der Waals surface area contributed by atoms with Crippen molar-refractivity contribution in [1.29, 1.82) is 0 Å². The Balaban J connectivity index is 2.89. The molecular weight excluding hydrogens is 222 g/mol. The molecule has 0 aromatic heterocycles. The van der Waals surface area contributed by atoms with E-state index in [4.69, 9.17) is 4.74 Å². The van der Waals surface area contributed by atoms with Gasteiger partial charge in [0, 0.05) is 11.6 Å². The van der Waals surface area contributed by atoms with E-state index in [-0.39, 0.29) is 0 Å². The number of hydrogen-bond acceptors (Lipinski definition) is 2. The predicted molar refractivity (Wildman–Crippen MR) is 78.1 cm³/mol. The number of para-hydroxylation sites is 1. The first-order valence-electron chi connectivity index (χ1n) is 7.12. The molecule has 102 valence electrons. The Labute approximate surface area is 112 Å². The first kappa shape index (κ1) is 15.0. The van der Waals surface area contributed by atoms with E-state index < -0.39 is 0 Å². The lowest BCUT2D eigenvalue weighted by Crippen LogP contribution is -2.23. The molecule has 0 amide bonds. The maximum atomic E-state index is 5.48. The molecule has 0 saturated carbocycles. The van der Waals surface area contributed by atoms with Gasteiger partial charge in [-0.15, -0.1) is 0 Å². The molecule has 0 fully saturated rings. The Morgan fingerprint density at radius 2 is 1.78 bits per heavy atom. The Morgan fingerprint density at radius 3 is 2.33 bits per heavy atom. The Kier molecular flexibility index (Phi) is 6.81. The van der Waals surface area contributed by atoms with Crippen molar-refractivity contribution < 1.29 is 4.74 Å². The smallest absolute Gasteiger partial charge is 0.123 e. The van der Waals surface area contributed by atoms with Crippen molar-refractivity contribution in [2.45, 2.75) is 46.1 Å². The highest BCUT2D eigenvalue weighted by atomic mass is 16.5. The summed E-state index contributed by atoms with van der Waals surface area (Å²) in [7, 11) is 1.75. The van der Waals surface area contributed by atoms with Gasteiger partial charge in [-0.1, -0.05) is 51.8 Å². The lowest BCUT2D eigenvalue weighted by molar-refractivity contribution is 0.356. The van der Waals surface area contributed by atoms with Gasteiger partial charge in [-0.3, -0.25) is 0 Å². The quantitative estimate of drug-likeness (QED) is 0.746. The van der Waals surface area contributed by atoms with Crippen LogP contribution in [0.15, 0.2) is 24.3 Å². The molecular formula is C16H27NO. The second-order valence-corrected chi connectivity index (χ2v) is 4.77. The first-order valence-corrected chi connectivity index (χ1v) is 7.12. The highest BCUT2D eigenvalue weighted by Crippen LogP contribution is 2.31. The third-order valence-electron chi connectivity index (χ3n) is 3.69. The van der Waals surface area contributed by atoms with Crippen LogP contribution in [0.5, 0.6) is 5.75 Å². The summed E-state index contributed by atoms with van der Waals surface area (Å²) >= 11 is 0. The third kappa shape index (κ3) is 4.02. The Morgan fingerprint density at radius 1 is 1.11 bits per heavy atom. The normalized spacial score (nSPS) is 12.7. The largest absolute Gasteiger partial charge is 0.496 e. The fraction of sp³-hybridized carbons (Fsp3) is 0.625. The van der Waals surface area contributed by atoms with Crippen molar-refractivity contribution in [3.63, 3.8) is 0 Å². The van der Waals surface area contributed by atoms with E-state index in [0.29, 0.717) is 6.04 Å². The van der Waals surface area contributed by atoms with Gasteiger partial charge < -0.3 is 10.1 Å². The maximum Gasteiger partial charge on any atom is 0.123 e. The van der Waals surface area contributed by atoms with Crippen LogP contribution in [0.4, 0.5) is 0 Å². The molecule has 1 rings (SSSR count). The van der Waals surface area contributed by atoms with Crippen molar-refractivity contribution in [2.24, 2.45) is 5.92 Å². The average molecular weight is 249 g/mol. The maximum absolute atomic E-state index is 5.48. The van der Waals surface area contributed by atoms with Gasteiger partial charge in [0.25, 0.3) is 0 Å². The third-order valence-corrected chi connectivity index (χ3v) is 3.69. The summed E-state index contributed by atoms with van der Waals surface area (Å²) in [5, 5.41) is 3.59. The van der Waals surface area contributed by atoms with E-state index in [1.807, 2.05) is 12.1 Å². The molecule has 2 nitrogen and oxygen atoms in total. The fourth-order valence-electron chi connectivity index (χ4n) is 2.48. The van der Waals surface area contributed by atoms with E-state index in [1.54, 1.807) is 7.11 Å². The van der Waals surface area contributed by atoms with E-state index in [2.05, 4.69) is 38.2 Å². The summed E-state index contributed by atoms with van der Waals surface area (Å²) in [6.45, 7) is 7.71. The Hall–Kier alpha value is -1.02.